The summed E-state index contributed by atoms with van der Waals surface area (Å²) in [7, 11) is 0. The second-order valence-electron chi connectivity index (χ2n) is 3.73. The van der Waals surface area contributed by atoms with Gasteiger partial charge in [0.25, 0.3) is 11.6 Å². The number of nitrogen functional groups attached to an aromatic ring is 1. The number of nitro benzene ring substituents is 1. The number of nitrogens with two attached hydrogens (primary N) is 1. The molecule has 9 nitrogen and oxygen atoms in total. The highest BCUT2D eigenvalue weighted by Gasteiger charge is 2.15. The molecule has 1 amide bonds. The molecule has 0 saturated heterocycles. The molecule has 0 aliphatic heterocycles. The van der Waals surface area contributed by atoms with Crippen LogP contribution in [0.4, 0.5) is 11.4 Å². The molecule has 0 spiro atoms. The molecule has 0 unspecified atom stereocenters. The van der Waals surface area contributed by atoms with Gasteiger partial charge in [0.1, 0.15) is 12.3 Å². The highest BCUT2D eigenvalue weighted by Crippen LogP contribution is 2.22. The van der Waals surface area contributed by atoms with Crippen LogP contribution in [0, 0.1) is 10.1 Å². The van der Waals surface area contributed by atoms with Gasteiger partial charge < -0.3 is 20.9 Å². The number of amides is 1. The van der Waals surface area contributed by atoms with Crippen molar-refractivity contribution in [2.45, 2.75) is 0 Å². The van der Waals surface area contributed by atoms with E-state index >= 15 is 0 Å². The average Bonchev–Trinajstić information content (AvgIpc) is 2.37. The Kier molecular flexibility index (Phi) is 5.42. The first kappa shape index (κ1) is 15.4. The number of rotatable bonds is 7. The van der Waals surface area contributed by atoms with E-state index in [9.17, 15) is 19.7 Å². The summed E-state index contributed by atoms with van der Waals surface area (Å²) in [5.74, 6) is -1.64. The topological polar surface area (TPSA) is 145 Å². The molecule has 0 aromatic heterocycles. The molecule has 20 heavy (non-hydrogen) atoms. The number of hydrogen-bond donors (Lipinski definition) is 3. The number of nitro groups is 1. The van der Waals surface area contributed by atoms with Gasteiger partial charge in [-0.15, -0.1) is 0 Å². The Balaban J connectivity index is 2.53. The first-order chi connectivity index (χ1) is 9.41. The van der Waals surface area contributed by atoms with Gasteiger partial charge in [-0.3, -0.25) is 14.9 Å². The minimum Gasteiger partial charge on any atom is -0.480 e. The largest absolute Gasteiger partial charge is 0.480 e. The molecule has 108 valence electrons. The Morgan fingerprint density at radius 3 is 2.75 bits per heavy atom. The molecule has 0 radical (unpaired) electrons. The molecule has 0 saturated carbocycles. The van der Waals surface area contributed by atoms with Crippen molar-refractivity contribution in [3.05, 3.63) is 33.9 Å². The van der Waals surface area contributed by atoms with E-state index < -0.39 is 23.4 Å². The Labute approximate surface area is 113 Å². The van der Waals surface area contributed by atoms with Gasteiger partial charge in [-0.2, -0.15) is 0 Å². The van der Waals surface area contributed by atoms with Crippen LogP contribution in [0.25, 0.3) is 0 Å². The summed E-state index contributed by atoms with van der Waals surface area (Å²) in [6.07, 6.45) is 0. The SMILES string of the molecule is Nc1ccc(C(=O)NCCOCC(=O)O)cc1[N+](=O)[O-]. The molecule has 0 aliphatic rings. The van der Waals surface area contributed by atoms with Gasteiger partial charge in [-0.25, -0.2) is 4.79 Å². The van der Waals surface area contributed by atoms with Gasteiger partial charge in [0.15, 0.2) is 0 Å². The van der Waals surface area contributed by atoms with Crippen molar-refractivity contribution in [1.29, 1.82) is 0 Å². The lowest BCUT2D eigenvalue weighted by Gasteiger charge is -2.06. The van der Waals surface area contributed by atoms with E-state index in [1.54, 1.807) is 0 Å². The number of carboxylic acid groups (broad SMARTS) is 1. The maximum absolute atomic E-state index is 11.7. The second-order valence-corrected chi connectivity index (χ2v) is 3.73. The fourth-order valence-electron chi connectivity index (χ4n) is 1.34. The van der Waals surface area contributed by atoms with Gasteiger partial charge in [0.2, 0.25) is 0 Å². The zero-order chi connectivity index (χ0) is 15.1. The van der Waals surface area contributed by atoms with Crippen LogP contribution in [0.1, 0.15) is 10.4 Å². The van der Waals surface area contributed by atoms with E-state index in [-0.39, 0.29) is 30.1 Å². The van der Waals surface area contributed by atoms with Crippen molar-refractivity contribution in [2.75, 3.05) is 25.5 Å². The van der Waals surface area contributed by atoms with Gasteiger partial charge in [0.05, 0.1) is 11.5 Å². The first-order valence-corrected chi connectivity index (χ1v) is 5.53. The third-order valence-electron chi connectivity index (χ3n) is 2.25. The monoisotopic (exact) mass is 283 g/mol. The molecule has 0 aliphatic carbocycles. The molecule has 1 rings (SSSR count). The van der Waals surface area contributed by atoms with Crippen molar-refractivity contribution < 1.29 is 24.4 Å². The standard InChI is InChI=1S/C11H13N3O6/c12-8-2-1-7(5-9(8)14(18)19)11(17)13-3-4-20-6-10(15)16/h1-2,5H,3-4,6,12H2,(H,13,17)(H,15,16). The van der Waals surface area contributed by atoms with Crippen LogP contribution in [0.2, 0.25) is 0 Å². The maximum atomic E-state index is 11.7. The van der Waals surface area contributed by atoms with Crippen LogP contribution in [0.3, 0.4) is 0 Å². The van der Waals surface area contributed by atoms with Gasteiger partial charge in [-0.05, 0) is 12.1 Å². The summed E-state index contributed by atoms with van der Waals surface area (Å²) in [6, 6.07) is 3.70. The zero-order valence-corrected chi connectivity index (χ0v) is 10.4. The van der Waals surface area contributed by atoms with E-state index in [0.29, 0.717) is 0 Å². The van der Waals surface area contributed by atoms with Gasteiger partial charge in [0, 0.05) is 18.2 Å². The Morgan fingerprint density at radius 1 is 1.45 bits per heavy atom. The van der Waals surface area contributed by atoms with Crippen molar-refractivity contribution in [2.24, 2.45) is 0 Å². The predicted octanol–water partition coefficient (Wildman–Crippen LogP) is 0.00800. The van der Waals surface area contributed by atoms with Crippen LogP contribution in [0.15, 0.2) is 18.2 Å². The quantitative estimate of drug-likeness (QED) is 0.276. The second kappa shape index (κ2) is 7.04. The van der Waals surface area contributed by atoms with Crippen LogP contribution >= 0.6 is 0 Å². The number of hydrogen-bond acceptors (Lipinski definition) is 6. The average molecular weight is 283 g/mol. The maximum Gasteiger partial charge on any atom is 0.329 e. The molecule has 9 heteroatoms. The fraction of sp³-hybridized carbons (Fsp3) is 0.273. The summed E-state index contributed by atoms with van der Waals surface area (Å²) >= 11 is 0. The number of benzene rings is 1. The van der Waals surface area contributed by atoms with Gasteiger partial charge in [-0.1, -0.05) is 0 Å². The Hall–Kier alpha value is -2.68. The molecular weight excluding hydrogens is 270 g/mol. The fourth-order valence-corrected chi connectivity index (χ4v) is 1.34. The Morgan fingerprint density at radius 2 is 2.15 bits per heavy atom. The summed E-state index contributed by atoms with van der Waals surface area (Å²) in [5, 5.41) is 21.4. The molecule has 0 bridgehead atoms. The lowest BCUT2D eigenvalue weighted by Crippen LogP contribution is -2.28. The molecule has 1 aromatic carbocycles. The molecule has 0 heterocycles. The summed E-state index contributed by atoms with van der Waals surface area (Å²) in [5.41, 5.74) is 5.12. The van der Waals surface area contributed by atoms with E-state index in [2.05, 4.69) is 5.32 Å². The third-order valence-corrected chi connectivity index (χ3v) is 2.25. The number of carboxylic acids is 1. The van der Waals surface area contributed by atoms with Crippen molar-refractivity contribution in [1.82, 2.24) is 5.32 Å². The van der Waals surface area contributed by atoms with Crippen molar-refractivity contribution >= 4 is 23.3 Å². The minimum absolute atomic E-state index is 0.0229. The molecular formula is C11H13N3O6. The smallest absolute Gasteiger partial charge is 0.329 e. The number of nitrogens with one attached hydrogen (secondary N) is 1. The number of aliphatic carboxylic acids is 1. The van der Waals surface area contributed by atoms with E-state index in [0.717, 1.165) is 6.07 Å². The zero-order valence-electron chi connectivity index (χ0n) is 10.4. The Bertz CT molecular complexity index is 531. The number of anilines is 1. The predicted molar refractivity (Wildman–Crippen MR) is 68.3 cm³/mol. The normalized spacial score (nSPS) is 10.0. The van der Waals surface area contributed by atoms with Crippen LogP contribution < -0.4 is 11.1 Å². The lowest BCUT2D eigenvalue weighted by atomic mass is 10.1. The number of carbonyl (C=O) groups excluding carboxylic acids is 1. The van der Waals surface area contributed by atoms with Crippen LogP contribution in [0.5, 0.6) is 0 Å². The number of nitrogens with zero attached hydrogens (tertiary/aromatic N) is 1. The van der Waals surface area contributed by atoms with E-state index in [1.807, 2.05) is 0 Å². The van der Waals surface area contributed by atoms with E-state index in [1.165, 1.54) is 12.1 Å². The lowest BCUT2D eigenvalue weighted by molar-refractivity contribution is -0.383. The summed E-state index contributed by atoms with van der Waals surface area (Å²) < 4.78 is 4.72. The van der Waals surface area contributed by atoms with Crippen molar-refractivity contribution in [3.63, 3.8) is 0 Å². The molecule has 4 N–H and O–H groups in total. The van der Waals surface area contributed by atoms with Crippen LogP contribution in [-0.4, -0.2) is 41.7 Å². The highest BCUT2D eigenvalue weighted by atomic mass is 16.6. The molecule has 0 atom stereocenters. The number of carbonyl (C=O) groups is 2. The highest BCUT2D eigenvalue weighted by molar-refractivity contribution is 5.95. The van der Waals surface area contributed by atoms with Gasteiger partial charge >= 0.3 is 5.97 Å². The summed E-state index contributed by atoms with van der Waals surface area (Å²) in [6.45, 7) is -0.345. The number of ether oxygens (including phenoxy) is 1. The summed E-state index contributed by atoms with van der Waals surface area (Å²) in [4.78, 5) is 31.8. The first-order valence-electron chi connectivity index (χ1n) is 5.53. The molecule has 0 fully saturated rings. The van der Waals surface area contributed by atoms with E-state index in [4.69, 9.17) is 15.6 Å². The van der Waals surface area contributed by atoms with Crippen LogP contribution in [-0.2, 0) is 9.53 Å². The third kappa shape index (κ3) is 4.53. The minimum atomic E-state index is -1.11. The molecule has 1 aromatic rings. The van der Waals surface area contributed by atoms with Crippen molar-refractivity contribution in [3.8, 4) is 0 Å².